The van der Waals surface area contributed by atoms with E-state index in [1.54, 1.807) is 12.1 Å². The van der Waals surface area contributed by atoms with Gasteiger partial charge >= 0.3 is 0 Å². The number of nitro benzene ring substituents is 1. The summed E-state index contributed by atoms with van der Waals surface area (Å²) < 4.78 is 0. The predicted molar refractivity (Wildman–Crippen MR) is 75.1 cm³/mol. The number of nitrogens with zero attached hydrogens (tertiary/aromatic N) is 2. The number of aliphatic hydroxyl groups excluding tert-OH is 1. The van der Waals surface area contributed by atoms with Crippen LogP contribution in [0.3, 0.4) is 0 Å². The number of ketones is 1. The van der Waals surface area contributed by atoms with E-state index >= 15 is 0 Å². The Labute approximate surface area is 117 Å². The fourth-order valence-corrected chi connectivity index (χ4v) is 2.72. The summed E-state index contributed by atoms with van der Waals surface area (Å²) >= 11 is 0. The molecule has 0 spiro atoms. The van der Waals surface area contributed by atoms with Crippen LogP contribution in [0.25, 0.3) is 0 Å². The molecule has 0 saturated carbocycles. The summed E-state index contributed by atoms with van der Waals surface area (Å²) in [5, 5.41) is 20.7. The van der Waals surface area contributed by atoms with Crippen molar-refractivity contribution in [3.05, 3.63) is 33.9 Å². The van der Waals surface area contributed by atoms with Gasteiger partial charge in [0.2, 0.25) is 0 Å². The van der Waals surface area contributed by atoms with Crippen molar-refractivity contribution in [1.29, 1.82) is 0 Å². The summed E-state index contributed by atoms with van der Waals surface area (Å²) in [5.41, 5.74) is 0.724. The fraction of sp³-hybridized carbons (Fsp3) is 0.500. The molecule has 0 bridgehead atoms. The van der Waals surface area contributed by atoms with Gasteiger partial charge in [-0.05, 0) is 31.4 Å². The summed E-state index contributed by atoms with van der Waals surface area (Å²) in [5.74, 6) is 0.0836. The third-order valence-corrected chi connectivity index (χ3v) is 3.96. The highest BCUT2D eigenvalue weighted by atomic mass is 16.6. The monoisotopic (exact) mass is 278 g/mol. The van der Waals surface area contributed by atoms with Crippen molar-refractivity contribution in [2.45, 2.75) is 26.3 Å². The zero-order valence-corrected chi connectivity index (χ0v) is 11.6. The van der Waals surface area contributed by atoms with Gasteiger partial charge in [0.25, 0.3) is 5.69 Å². The smallest absolute Gasteiger partial charge is 0.293 e. The van der Waals surface area contributed by atoms with Crippen molar-refractivity contribution in [2.75, 3.05) is 18.1 Å². The molecule has 1 aromatic carbocycles. The van der Waals surface area contributed by atoms with Crippen LogP contribution in [0.2, 0.25) is 0 Å². The molecule has 1 heterocycles. The van der Waals surface area contributed by atoms with E-state index in [-0.39, 0.29) is 30.0 Å². The van der Waals surface area contributed by atoms with Crippen LogP contribution in [0.15, 0.2) is 18.2 Å². The minimum atomic E-state index is -0.473. The van der Waals surface area contributed by atoms with Crippen LogP contribution < -0.4 is 4.90 Å². The second-order valence-electron chi connectivity index (χ2n) is 5.23. The minimum absolute atomic E-state index is 0.0349. The first-order valence-corrected chi connectivity index (χ1v) is 6.62. The summed E-state index contributed by atoms with van der Waals surface area (Å²) in [4.78, 5) is 24.0. The lowest BCUT2D eigenvalue weighted by Gasteiger charge is -2.27. The molecule has 6 nitrogen and oxygen atoms in total. The van der Waals surface area contributed by atoms with Crippen LogP contribution >= 0.6 is 0 Å². The summed E-state index contributed by atoms with van der Waals surface area (Å²) in [6.07, 6.45) is 0.886. The Morgan fingerprint density at radius 3 is 2.80 bits per heavy atom. The second-order valence-corrected chi connectivity index (χ2v) is 5.23. The van der Waals surface area contributed by atoms with Gasteiger partial charge < -0.3 is 10.0 Å². The molecule has 0 aliphatic carbocycles. The number of carbonyl (C=O) groups excluding carboxylic acids is 1. The number of hydrogen-bond donors (Lipinski definition) is 1. The quantitative estimate of drug-likeness (QED) is 0.517. The molecule has 0 radical (unpaired) electrons. The normalized spacial score (nSPS) is 22.1. The van der Waals surface area contributed by atoms with E-state index < -0.39 is 4.92 Å². The van der Waals surface area contributed by atoms with Crippen molar-refractivity contribution in [3.63, 3.8) is 0 Å². The van der Waals surface area contributed by atoms with Gasteiger partial charge in [0.1, 0.15) is 5.69 Å². The first-order valence-electron chi connectivity index (χ1n) is 6.62. The average Bonchev–Trinajstić information content (AvgIpc) is 2.78. The first-order chi connectivity index (χ1) is 9.45. The van der Waals surface area contributed by atoms with E-state index in [4.69, 9.17) is 0 Å². The number of Topliss-reactive ketones (excluding diaryl/α,β-unsaturated/α-hetero) is 1. The van der Waals surface area contributed by atoms with Gasteiger partial charge in [0.15, 0.2) is 5.78 Å². The van der Waals surface area contributed by atoms with Crippen LogP contribution in [0, 0.1) is 16.0 Å². The summed E-state index contributed by atoms with van der Waals surface area (Å²) in [6.45, 7) is 4.04. The third kappa shape index (κ3) is 2.51. The maximum atomic E-state index is 11.3. The van der Waals surface area contributed by atoms with Gasteiger partial charge in [0, 0.05) is 18.2 Å². The SMILES string of the molecule is CC(=O)c1ccc(N2CCC(C)C2CO)c([N+](=O)[O-])c1. The molecular weight excluding hydrogens is 260 g/mol. The molecule has 1 N–H and O–H groups in total. The van der Waals surface area contributed by atoms with Gasteiger partial charge in [0.05, 0.1) is 17.6 Å². The highest BCUT2D eigenvalue weighted by Crippen LogP contribution is 2.36. The number of benzene rings is 1. The molecule has 2 unspecified atom stereocenters. The van der Waals surface area contributed by atoms with Gasteiger partial charge in [-0.15, -0.1) is 0 Å². The zero-order chi connectivity index (χ0) is 14.9. The Kier molecular flexibility index (Phi) is 4.04. The standard InChI is InChI=1S/C14H18N2O4/c1-9-5-6-15(14(9)8-17)12-4-3-11(10(2)18)7-13(12)16(19)20/h3-4,7,9,14,17H,5-6,8H2,1-2H3. The third-order valence-electron chi connectivity index (χ3n) is 3.96. The molecule has 0 aromatic heterocycles. The van der Waals surface area contributed by atoms with Crippen molar-refractivity contribution in [3.8, 4) is 0 Å². The molecule has 1 aliphatic heterocycles. The van der Waals surface area contributed by atoms with Crippen molar-refractivity contribution < 1.29 is 14.8 Å². The van der Waals surface area contributed by atoms with Crippen LogP contribution in [-0.2, 0) is 0 Å². The lowest BCUT2D eigenvalue weighted by Crippen LogP contribution is -2.35. The van der Waals surface area contributed by atoms with E-state index in [1.807, 2.05) is 11.8 Å². The van der Waals surface area contributed by atoms with Gasteiger partial charge in [-0.3, -0.25) is 14.9 Å². The van der Waals surface area contributed by atoms with Gasteiger partial charge in [-0.25, -0.2) is 0 Å². The molecule has 1 aliphatic rings. The molecule has 20 heavy (non-hydrogen) atoms. The molecule has 1 aromatic rings. The molecule has 108 valence electrons. The average molecular weight is 278 g/mol. The largest absolute Gasteiger partial charge is 0.394 e. The lowest BCUT2D eigenvalue weighted by molar-refractivity contribution is -0.384. The molecule has 0 amide bonds. The molecule has 1 fully saturated rings. The van der Waals surface area contributed by atoms with E-state index in [0.29, 0.717) is 17.8 Å². The maximum Gasteiger partial charge on any atom is 0.293 e. The minimum Gasteiger partial charge on any atom is -0.394 e. The van der Waals surface area contributed by atoms with Crippen LogP contribution in [0.1, 0.15) is 30.6 Å². The highest BCUT2D eigenvalue weighted by Gasteiger charge is 2.34. The molecular formula is C14H18N2O4. The van der Waals surface area contributed by atoms with E-state index in [0.717, 1.165) is 6.42 Å². The number of nitro groups is 1. The Hall–Kier alpha value is -1.95. The van der Waals surface area contributed by atoms with Crippen LogP contribution in [-0.4, -0.2) is 35.0 Å². The highest BCUT2D eigenvalue weighted by molar-refractivity contribution is 5.95. The van der Waals surface area contributed by atoms with Crippen molar-refractivity contribution >= 4 is 17.2 Å². The Bertz CT molecular complexity index is 544. The van der Waals surface area contributed by atoms with Crippen LogP contribution in [0.4, 0.5) is 11.4 Å². The van der Waals surface area contributed by atoms with Crippen LogP contribution in [0.5, 0.6) is 0 Å². The fourth-order valence-electron chi connectivity index (χ4n) is 2.72. The number of carbonyl (C=O) groups is 1. The number of aliphatic hydroxyl groups is 1. The molecule has 2 atom stereocenters. The Morgan fingerprint density at radius 2 is 2.25 bits per heavy atom. The first kappa shape index (κ1) is 14.5. The molecule has 1 saturated heterocycles. The maximum absolute atomic E-state index is 11.3. The van der Waals surface area contributed by atoms with Gasteiger partial charge in [-0.1, -0.05) is 6.92 Å². The number of anilines is 1. The van der Waals surface area contributed by atoms with E-state index in [9.17, 15) is 20.0 Å². The summed E-state index contributed by atoms with van der Waals surface area (Å²) in [7, 11) is 0. The van der Waals surface area contributed by atoms with Gasteiger partial charge in [-0.2, -0.15) is 0 Å². The van der Waals surface area contributed by atoms with Crippen molar-refractivity contribution in [2.24, 2.45) is 5.92 Å². The zero-order valence-electron chi connectivity index (χ0n) is 11.6. The topological polar surface area (TPSA) is 83.7 Å². The Morgan fingerprint density at radius 1 is 1.55 bits per heavy atom. The summed E-state index contributed by atoms with van der Waals surface area (Å²) in [6, 6.07) is 4.41. The molecule has 6 heteroatoms. The van der Waals surface area contributed by atoms with E-state index in [1.165, 1.54) is 13.0 Å². The second kappa shape index (κ2) is 5.58. The predicted octanol–water partition coefficient (Wildman–Crippen LogP) is 2.00. The van der Waals surface area contributed by atoms with E-state index in [2.05, 4.69) is 0 Å². The van der Waals surface area contributed by atoms with Crippen molar-refractivity contribution in [1.82, 2.24) is 0 Å². The molecule has 2 rings (SSSR count). The number of hydrogen-bond acceptors (Lipinski definition) is 5. The number of rotatable bonds is 4. The Balaban J connectivity index is 2.46. The lowest BCUT2D eigenvalue weighted by atomic mass is 10.0.